The molecule has 3 aromatic rings. The molecule has 0 aliphatic carbocycles. The van der Waals surface area contributed by atoms with Crippen molar-refractivity contribution in [1.82, 2.24) is 4.98 Å². The molecule has 1 aromatic heterocycles. The number of carboxylic acids is 1. The highest BCUT2D eigenvalue weighted by atomic mass is 19.1. The first-order valence-corrected chi connectivity index (χ1v) is 8.60. The Bertz CT molecular complexity index is 986. The Kier molecular flexibility index (Phi) is 5.26. The molecule has 0 amide bonds. The summed E-state index contributed by atoms with van der Waals surface area (Å²) in [6, 6.07) is 11.7. The van der Waals surface area contributed by atoms with Crippen LogP contribution in [0.4, 0.5) is 4.39 Å². The Hall–Kier alpha value is -3.15. The van der Waals surface area contributed by atoms with Gasteiger partial charge in [-0.3, -0.25) is 0 Å². The van der Waals surface area contributed by atoms with E-state index in [2.05, 4.69) is 4.98 Å². The van der Waals surface area contributed by atoms with Crippen LogP contribution >= 0.6 is 0 Å². The summed E-state index contributed by atoms with van der Waals surface area (Å²) in [6.07, 6.45) is -0.444. The average Bonchev–Trinajstić information content (AvgIpc) is 2.68. The number of hydrogen-bond acceptors (Lipinski definition) is 4. The molecule has 3 rings (SSSR count). The van der Waals surface area contributed by atoms with Gasteiger partial charge in [0, 0.05) is 10.9 Å². The minimum Gasteiger partial charge on any atom is -0.497 e. The van der Waals surface area contributed by atoms with E-state index in [-0.39, 0.29) is 11.7 Å². The first kappa shape index (κ1) is 18.6. The molecule has 1 heterocycles. The first-order chi connectivity index (χ1) is 12.9. The maximum absolute atomic E-state index is 13.4. The number of benzene rings is 2. The lowest BCUT2D eigenvalue weighted by molar-refractivity contribution is -0.144. The van der Waals surface area contributed by atoms with Crippen molar-refractivity contribution in [1.29, 1.82) is 0 Å². The van der Waals surface area contributed by atoms with E-state index in [1.165, 1.54) is 19.1 Å². The van der Waals surface area contributed by atoms with Crippen LogP contribution in [0.3, 0.4) is 0 Å². The number of pyridine rings is 1. The predicted octanol–water partition coefficient (Wildman–Crippen LogP) is 4.46. The van der Waals surface area contributed by atoms with Gasteiger partial charge in [0.05, 0.1) is 12.8 Å². The largest absolute Gasteiger partial charge is 0.497 e. The fraction of sp³-hybridized carbons (Fsp3) is 0.238. The Morgan fingerprint density at radius 1 is 1.19 bits per heavy atom. The molecule has 0 bridgehead atoms. The standard InChI is InChI=1S/C21H20FNO4/c1-4-18-19(13-5-7-14(22)8-6-13)16-10-9-15(26-3)11-17(16)20(23-18)27-12(2)21(24)25/h5-12H,4H2,1-3H3,(H,24,25). The molecule has 1 unspecified atom stereocenters. The number of hydrogen-bond donors (Lipinski definition) is 1. The number of fused-ring (bicyclic) bond motifs is 1. The summed E-state index contributed by atoms with van der Waals surface area (Å²) in [6.45, 7) is 3.41. The number of aromatic nitrogens is 1. The topological polar surface area (TPSA) is 68.7 Å². The second-order valence-electron chi connectivity index (χ2n) is 6.11. The van der Waals surface area contributed by atoms with E-state index in [9.17, 15) is 14.3 Å². The van der Waals surface area contributed by atoms with Crippen molar-refractivity contribution >= 4 is 16.7 Å². The molecule has 27 heavy (non-hydrogen) atoms. The van der Waals surface area contributed by atoms with Gasteiger partial charge in [-0.15, -0.1) is 0 Å². The van der Waals surface area contributed by atoms with Crippen LogP contribution in [0.5, 0.6) is 11.6 Å². The first-order valence-electron chi connectivity index (χ1n) is 8.60. The molecule has 6 heteroatoms. The number of ether oxygens (including phenoxy) is 2. The zero-order valence-corrected chi connectivity index (χ0v) is 15.3. The summed E-state index contributed by atoms with van der Waals surface area (Å²) in [7, 11) is 1.55. The number of rotatable bonds is 6. The maximum atomic E-state index is 13.4. The van der Waals surface area contributed by atoms with Gasteiger partial charge in [-0.05, 0) is 54.6 Å². The van der Waals surface area contributed by atoms with Crippen molar-refractivity contribution in [3.63, 3.8) is 0 Å². The molecular formula is C21H20FNO4. The number of halogens is 1. The third-order valence-corrected chi connectivity index (χ3v) is 4.36. The maximum Gasteiger partial charge on any atom is 0.344 e. The molecular weight excluding hydrogens is 349 g/mol. The smallest absolute Gasteiger partial charge is 0.344 e. The minimum absolute atomic E-state index is 0.238. The SMILES string of the molecule is CCc1nc(OC(C)C(=O)O)c2cc(OC)ccc2c1-c1ccc(F)cc1. The normalized spacial score (nSPS) is 12.0. The van der Waals surface area contributed by atoms with E-state index in [1.54, 1.807) is 25.3 Å². The Balaban J connectivity index is 2.29. The van der Waals surface area contributed by atoms with Crippen LogP contribution in [0.25, 0.3) is 21.9 Å². The van der Waals surface area contributed by atoms with Crippen LogP contribution < -0.4 is 9.47 Å². The number of aliphatic carboxylic acids is 1. The van der Waals surface area contributed by atoms with Crippen LogP contribution in [-0.4, -0.2) is 29.3 Å². The molecule has 0 spiro atoms. The fourth-order valence-electron chi connectivity index (χ4n) is 2.94. The van der Waals surface area contributed by atoms with Gasteiger partial charge in [0.1, 0.15) is 11.6 Å². The Morgan fingerprint density at radius 2 is 1.89 bits per heavy atom. The summed E-state index contributed by atoms with van der Waals surface area (Å²) in [5.41, 5.74) is 2.44. The molecule has 0 saturated heterocycles. The number of methoxy groups -OCH3 is 1. The van der Waals surface area contributed by atoms with E-state index < -0.39 is 12.1 Å². The van der Waals surface area contributed by atoms with Gasteiger partial charge < -0.3 is 14.6 Å². The van der Waals surface area contributed by atoms with Crippen molar-refractivity contribution in [3.05, 3.63) is 54.0 Å². The lowest BCUT2D eigenvalue weighted by Crippen LogP contribution is -2.23. The van der Waals surface area contributed by atoms with E-state index >= 15 is 0 Å². The number of carboxylic acid groups (broad SMARTS) is 1. The summed E-state index contributed by atoms with van der Waals surface area (Å²) < 4.78 is 24.3. The third-order valence-electron chi connectivity index (χ3n) is 4.36. The highest BCUT2D eigenvalue weighted by Gasteiger charge is 2.20. The lowest BCUT2D eigenvalue weighted by Gasteiger charge is -2.18. The number of carbonyl (C=O) groups is 1. The monoisotopic (exact) mass is 369 g/mol. The molecule has 0 aliphatic rings. The van der Waals surface area contributed by atoms with Crippen LogP contribution in [0.2, 0.25) is 0 Å². The van der Waals surface area contributed by atoms with E-state index in [4.69, 9.17) is 9.47 Å². The summed E-state index contributed by atoms with van der Waals surface area (Å²) in [4.78, 5) is 15.8. The highest BCUT2D eigenvalue weighted by Crippen LogP contribution is 2.38. The summed E-state index contributed by atoms with van der Waals surface area (Å²) in [5, 5.41) is 10.7. The van der Waals surface area contributed by atoms with Gasteiger partial charge in [0.25, 0.3) is 0 Å². The van der Waals surface area contributed by atoms with Crippen LogP contribution in [0.15, 0.2) is 42.5 Å². The van der Waals surface area contributed by atoms with Gasteiger partial charge in [-0.25, -0.2) is 14.2 Å². The van der Waals surface area contributed by atoms with Crippen molar-refractivity contribution in [2.45, 2.75) is 26.4 Å². The fourth-order valence-corrected chi connectivity index (χ4v) is 2.94. The Morgan fingerprint density at radius 3 is 2.48 bits per heavy atom. The van der Waals surface area contributed by atoms with Gasteiger partial charge in [0.15, 0.2) is 6.10 Å². The van der Waals surface area contributed by atoms with Crippen molar-refractivity contribution < 1.29 is 23.8 Å². The molecule has 140 valence electrons. The summed E-state index contributed by atoms with van der Waals surface area (Å²) >= 11 is 0. The molecule has 1 atom stereocenters. The van der Waals surface area contributed by atoms with Gasteiger partial charge in [0.2, 0.25) is 5.88 Å². The minimum atomic E-state index is -1.08. The van der Waals surface area contributed by atoms with Crippen molar-refractivity contribution in [2.75, 3.05) is 7.11 Å². The second-order valence-corrected chi connectivity index (χ2v) is 6.11. The molecule has 0 radical (unpaired) electrons. The van der Waals surface area contributed by atoms with Crippen LogP contribution in [0.1, 0.15) is 19.5 Å². The lowest BCUT2D eigenvalue weighted by atomic mass is 9.96. The highest BCUT2D eigenvalue weighted by molar-refractivity contribution is 6.01. The predicted molar refractivity (Wildman–Crippen MR) is 101 cm³/mol. The Labute approximate surface area is 156 Å². The average molecular weight is 369 g/mol. The van der Waals surface area contributed by atoms with Crippen LogP contribution in [-0.2, 0) is 11.2 Å². The number of aryl methyl sites for hydroxylation is 1. The quantitative estimate of drug-likeness (QED) is 0.695. The van der Waals surface area contributed by atoms with Gasteiger partial charge in [-0.1, -0.05) is 19.1 Å². The van der Waals surface area contributed by atoms with E-state index in [1.807, 2.05) is 19.1 Å². The number of nitrogens with zero attached hydrogens (tertiary/aromatic N) is 1. The summed E-state index contributed by atoms with van der Waals surface area (Å²) in [5.74, 6) is -0.549. The molecule has 2 aromatic carbocycles. The second kappa shape index (κ2) is 7.61. The van der Waals surface area contributed by atoms with Crippen molar-refractivity contribution in [3.8, 4) is 22.8 Å². The van der Waals surface area contributed by atoms with Crippen LogP contribution in [0, 0.1) is 5.82 Å². The molecule has 0 saturated carbocycles. The van der Waals surface area contributed by atoms with E-state index in [0.29, 0.717) is 17.6 Å². The molecule has 0 fully saturated rings. The zero-order valence-electron chi connectivity index (χ0n) is 15.3. The molecule has 5 nitrogen and oxygen atoms in total. The molecule has 0 aliphatic heterocycles. The molecule has 1 N–H and O–H groups in total. The third kappa shape index (κ3) is 3.69. The van der Waals surface area contributed by atoms with Gasteiger partial charge in [-0.2, -0.15) is 0 Å². The van der Waals surface area contributed by atoms with Crippen molar-refractivity contribution in [2.24, 2.45) is 0 Å². The zero-order chi connectivity index (χ0) is 19.6. The van der Waals surface area contributed by atoms with Gasteiger partial charge >= 0.3 is 5.97 Å². The van der Waals surface area contributed by atoms with E-state index in [0.717, 1.165) is 22.2 Å².